The Morgan fingerprint density at radius 1 is 1.14 bits per heavy atom. The summed E-state index contributed by atoms with van der Waals surface area (Å²) in [4.78, 5) is 12.9. The molecule has 22 heavy (non-hydrogen) atoms. The van der Waals surface area contributed by atoms with Crippen LogP contribution in [0.5, 0.6) is 0 Å². The minimum atomic E-state index is -0.204. The number of carbonyl (C=O) groups is 1. The highest BCUT2D eigenvalue weighted by molar-refractivity contribution is 6.04. The molecule has 1 heterocycles. The number of amides is 1. The van der Waals surface area contributed by atoms with Gasteiger partial charge in [0.05, 0.1) is 11.6 Å². The van der Waals surface area contributed by atoms with Crippen LogP contribution >= 0.6 is 0 Å². The number of nitrogens with two attached hydrogens (primary N) is 1. The third-order valence-electron chi connectivity index (χ3n) is 4.02. The Kier molecular flexibility index (Phi) is 3.96. The number of hydrogen-bond donors (Lipinski definition) is 2. The molecule has 0 aliphatic carbocycles. The molecule has 1 aliphatic heterocycles. The van der Waals surface area contributed by atoms with Crippen molar-refractivity contribution in [3.63, 3.8) is 0 Å². The van der Waals surface area contributed by atoms with E-state index in [1.54, 1.807) is 5.01 Å². The number of benzene rings is 2. The summed E-state index contributed by atoms with van der Waals surface area (Å²) in [6, 6.07) is 16.0. The minimum Gasteiger partial charge on any atom is -0.327 e. The van der Waals surface area contributed by atoms with E-state index in [4.69, 9.17) is 5.73 Å². The Morgan fingerprint density at radius 2 is 1.77 bits per heavy atom. The molecule has 4 nitrogen and oxygen atoms in total. The second-order valence-electron chi connectivity index (χ2n) is 5.84. The van der Waals surface area contributed by atoms with E-state index >= 15 is 0 Å². The lowest BCUT2D eigenvalue weighted by Crippen LogP contribution is -2.48. The highest BCUT2D eigenvalue weighted by Gasteiger charge is 2.31. The molecule has 0 fully saturated rings. The number of hydrazine groups is 1. The third kappa shape index (κ3) is 2.51. The summed E-state index contributed by atoms with van der Waals surface area (Å²) >= 11 is 0. The van der Waals surface area contributed by atoms with Gasteiger partial charge in [0.15, 0.2) is 0 Å². The maximum absolute atomic E-state index is 12.9. The predicted molar refractivity (Wildman–Crippen MR) is 89.4 cm³/mol. The van der Waals surface area contributed by atoms with Gasteiger partial charge < -0.3 is 5.73 Å². The van der Waals surface area contributed by atoms with Crippen LogP contribution in [0.25, 0.3) is 11.1 Å². The van der Waals surface area contributed by atoms with Crippen LogP contribution in [0.1, 0.15) is 25.3 Å². The van der Waals surface area contributed by atoms with Crippen LogP contribution in [0.3, 0.4) is 0 Å². The van der Waals surface area contributed by atoms with Gasteiger partial charge in [-0.15, -0.1) is 0 Å². The molecule has 3 rings (SSSR count). The summed E-state index contributed by atoms with van der Waals surface area (Å²) in [6.45, 7) is 4.41. The Bertz CT molecular complexity index is 696. The molecule has 4 heteroatoms. The molecule has 0 saturated carbocycles. The van der Waals surface area contributed by atoms with E-state index in [-0.39, 0.29) is 17.9 Å². The molecule has 1 amide bonds. The third-order valence-corrected chi connectivity index (χ3v) is 4.02. The first-order valence-electron chi connectivity index (χ1n) is 7.61. The second-order valence-corrected chi connectivity index (χ2v) is 5.84. The van der Waals surface area contributed by atoms with Gasteiger partial charge in [0, 0.05) is 18.2 Å². The van der Waals surface area contributed by atoms with Crippen molar-refractivity contribution >= 4 is 11.6 Å². The largest absolute Gasteiger partial charge is 0.327 e. The lowest BCUT2D eigenvalue weighted by molar-refractivity contribution is -0.120. The Hall–Kier alpha value is -2.17. The summed E-state index contributed by atoms with van der Waals surface area (Å²) in [7, 11) is 0. The number of fused-ring (bicyclic) bond motifs is 3. The fraction of sp³-hybridized carbons (Fsp3) is 0.278. The molecule has 1 aliphatic rings. The van der Waals surface area contributed by atoms with E-state index < -0.39 is 0 Å². The fourth-order valence-corrected chi connectivity index (χ4v) is 2.86. The van der Waals surface area contributed by atoms with Gasteiger partial charge in [0.2, 0.25) is 5.91 Å². The van der Waals surface area contributed by atoms with E-state index in [9.17, 15) is 4.79 Å². The van der Waals surface area contributed by atoms with Gasteiger partial charge in [0.25, 0.3) is 0 Å². The first-order valence-corrected chi connectivity index (χ1v) is 7.61. The topological polar surface area (TPSA) is 58.4 Å². The quantitative estimate of drug-likeness (QED) is 0.915. The van der Waals surface area contributed by atoms with Gasteiger partial charge in [-0.05, 0) is 31.0 Å². The number of nitrogens with one attached hydrogen (secondary N) is 1. The van der Waals surface area contributed by atoms with E-state index in [1.807, 2.05) is 50.2 Å². The average molecular weight is 295 g/mol. The normalized spacial score (nSPS) is 18.4. The Morgan fingerprint density at radius 3 is 2.50 bits per heavy atom. The zero-order valence-corrected chi connectivity index (χ0v) is 12.9. The van der Waals surface area contributed by atoms with Crippen molar-refractivity contribution in [1.82, 2.24) is 5.43 Å². The summed E-state index contributed by atoms with van der Waals surface area (Å²) < 4.78 is 0. The van der Waals surface area contributed by atoms with Crippen LogP contribution in [0.2, 0.25) is 0 Å². The van der Waals surface area contributed by atoms with Gasteiger partial charge in [0.1, 0.15) is 0 Å². The number of para-hydroxylation sites is 1. The molecule has 3 N–H and O–H groups in total. The molecule has 0 aromatic heterocycles. The standard InChI is InChI=1S/C18H21N3O/c1-12(19)11-20-21-17-10-6-5-9-16(17)15-8-4-3-7-14(15)13(2)18(21)22/h3-10,12-13,20H,11,19H2,1-2H3/t12-,13?/m0/s1. The average Bonchev–Trinajstić information content (AvgIpc) is 2.62. The number of carbonyl (C=O) groups excluding carboxylic acids is 1. The van der Waals surface area contributed by atoms with Crippen molar-refractivity contribution in [2.24, 2.45) is 5.73 Å². The van der Waals surface area contributed by atoms with Crippen LogP contribution in [-0.2, 0) is 4.79 Å². The molecule has 2 atom stereocenters. The maximum atomic E-state index is 12.9. The van der Waals surface area contributed by atoms with Crippen molar-refractivity contribution in [3.8, 4) is 11.1 Å². The van der Waals surface area contributed by atoms with Crippen molar-refractivity contribution < 1.29 is 4.79 Å². The van der Waals surface area contributed by atoms with Crippen molar-refractivity contribution in [3.05, 3.63) is 54.1 Å². The molecule has 0 spiro atoms. The minimum absolute atomic E-state index is 0.0269. The summed E-state index contributed by atoms with van der Waals surface area (Å²) in [6.07, 6.45) is 0. The maximum Gasteiger partial charge on any atom is 0.248 e. The van der Waals surface area contributed by atoms with Crippen molar-refractivity contribution in [1.29, 1.82) is 0 Å². The van der Waals surface area contributed by atoms with Crippen LogP contribution in [0.4, 0.5) is 5.69 Å². The zero-order valence-electron chi connectivity index (χ0n) is 12.9. The zero-order chi connectivity index (χ0) is 15.7. The Balaban J connectivity index is 2.14. The SMILES string of the molecule is CC1C(=O)N(NC[C@H](C)N)c2ccccc2-c2ccccc21. The first kappa shape index (κ1) is 14.8. The van der Waals surface area contributed by atoms with Crippen LogP contribution < -0.4 is 16.2 Å². The highest BCUT2D eigenvalue weighted by Crippen LogP contribution is 2.39. The molecular weight excluding hydrogens is 274 g/mol. The van der Waals surface area contributed by atoms with E-state index in [0.717, 1.165) is 22.4 Å². The molecule has 2 aromatic carbocycles. The second kappa shape index (κ2) is 5.91. The number of rotatable bonds is 3. The summed E-state index contributed by atoms with van der Waals surface area (Å²) in [5, 5.41) is 1.66. The monoisotopic (exact) mass is 295 g/mol. The summed E-state index contributed by atoms with van der Waals surface area (Å²) in [5.74, 6) is -0.165. The highest BCUT2D eigenvalue weighted by atomic mass is 16.2. The van der Waals surface area contributed by atoms with Crippen LogP contribution in [0.15, 0.2) is 48.5 Å². The van der Waals surface area contributed by atoms with E-state index in [1.165, 1.54) is 0 Å². The molecule has 0 saturated heterocycles. The Labute approximate surface area is 130 Å². The fourth-order valence-electron chi connectivity index (χ4n) is 2.86. The number of anilines is 1. The van der Waals surface area contributed by atoms with Gasteiger partial charge in [-0.25, -0.2) is 10.4 Å². The lowest BCUT2D eigenvalue weighted by Gasteiger charge is -2.26. The molecule has 114 valence electrons. The number of hydrogen-bond acceptors (Lipinski definition) is 3. The van der Waals surface area contributed by atoms with Gasteiger partial charge in [-0.3, -0.25) is 4.79 Å². The van der Waals surface area contributed by atoms with Crippen molar-refractivity contribution in [2.75, 3.05) is 11.6 Å². The van der Waals surface area contributed by atoms with E-state index in [0.29, 0.717) is 6.54 Å². The van der Waals surface area contributed by atoms with Gasteiger partial charge in [-0.2, -0.15) is 0 Å². The molecule has 1 unspecified atom stereocenters. The van der Waals surface area contributed by atoms with Gasteiger partial charge in [-0.1, -0.05) is 42.5 Å². The summed E-state index contributed by atoms with van der Waals surface area (Å²) in [5.41, 5.74) is 13.1. The lowest BCUT2D eigenvalue weighted by atomic mass is 9.92. The van der Waals surface area contributed by atoms with Crippen LogP contribution in [0, 0.1) is 0 Å². The van der Waals surface area contributed by atoms with E-state index in [2.05, 4.69) is 17.6 Å². The predicted octanol–water partition coefficient (Wildman–Crippen LogP) is 2.66. The smallest absolute Gasteiger partial charge is 0.248 e. The molecule has 0 bridgehead atoms. The van der Waals surface area contributed by atoms with Crippen LogP contribution in [-0.4, -0.2) is 18.5 Å². The van der Waals surface area contributed by atoms with Gasteiger partial charge >= 0.3 is 0 Å². The number of nitrogens with zero attached hydrogens (tertiary/aromatic N) is 1. The first-order chi connectivity index (χ1) is 10.6. The molecule has 0 radical (unpaired) electrons. The molecule has 2 aromatic rings. The van der Waals surface area contributed by atoms with Crippen molar-refractivity contribution in [2.45, 2.75) is 25.8 Å². The molecular formula is C18H21N3O.